The van der Waals surface area contributed by atoms with E-state index in [0.29, 0.717) is 15.9 Å². The van der Waals surface area contributed by atoms with Crippen LogP contribution in [0, 0.1) is 0 Å². The first-order valence-corrected chi connectivity index (χ1v) is 9.36. The van der Waals surface area contributed by atoms with Crippen LogP contribution in [-0.2, 0) is 4.79 Å². The Bertz CT molecular complexity index is 675. The van der Waals surface area contributed by atoms with Crippen molar-refractivity contribution < 1.29 is 4.79 Å². The third kappa shape index (κ3) is 6.01. The Hall–Kier alpha value is -1.31. The molecule has 0 aliphatic carbocycles. The summed E-state index contributed by atoms with van der Waals surface area (Å²) in [5, 5.41) is 15.6. The monoisotopic (exact) mass is 370 g/mol. The second kappa shape index (κ2) is 7.99. The minimum absolute atomic E-state index is 0.00130. The summed E-state index contributed by atoms with van der Waals surface area (Å²) in [5.41, 5.74) is 0.672. The maximum Gasteiger partial charge on any atom is 0.230 e. The zero-order valence-corrected chi connectivity index (χ0v) is 15.6. The van der Waals surface area contributed by atoms with Crippen molar-refractivity contribution in [3.05, 3.63) is 29.3 Å². The summed E-state index contributed by atoms with van der Waals surface area (Å²) in [7, 11) is 0. The number of amides is 1. The Balaban J connectivity index is 1.86. The number of nitrogens with one attached hydrogen (secondary N) is 2. The Morgan fingerprint density at radius 3 is 2.87 bits per heavy atom. The zero-order chi connectivity index (χ0) is 16.9. The summed E-state index contributed by atoms with van der Waals surface area (Å²) in [6, 6.07) is 7.39. The Morgan fingerprint density at radius 2 is 2.17 bits per heavy atom. The van der Waals surface area contributed by atoms with Gasteiger partial charge in [-0.2, -0.15) is 0 Å². The molecule has 0 unspecified atom stereocenters. The molecule has 0 aliphatic heterocycles. The van der Waals surface area contributed by atoms with E-state index in [4.69, 9.17) is 11.6 Å². The average molecular weight is 371 g/mol. The van der Waals surface area contributed by atoms with Crippen molar-refractivity contribution in [3.63, 3.8) is 0 Å². The maximum atomic E-state index is 11.9. The lowest BCUT2D eigenvalue weighted by molar-refractivity contribution is -0.120. The highest BCUT2D eigenvalue weighted by atomic mass is 35.5. The van der Waals surface area contributed by atoms with E-state index in [0.717, 1.165) is 16.4 Å². The molecule has 0 saturated carbocycles. The van der Waals surface area contributed by atoms with Crippen LogP contribution in [-0.4, -0.2) is 27.4 Å². The average Bonchev–Trinajstić information content (AvgIpc) is 2.92. The third-order valence-corrected chi connectivity index (χ3v) is 5.38. The number of rotatable bonds is 7. The van der Waals surface area contributed by atoms with Gasteiger partial charge in [-0.25, -0.2) is 0 Å². The van der Waals surface area contributed by atoms with E-state index in [1.807, 2.05) is 45.0 Å². The van der Waals surface area contributed by atoms with Crippen LogP contribution in [0.2, 0.25) is 5.02 Å². The predicted octanol–water partition coefficient (Wildman–Crippen LogP) is 4.33. The molecular formula is C15H19ClN4OS2. The number of carbonyl (C=O) groups excluding carboxylic acids is 1. The normalized spacial score (nSPS) is 11.3. The molecule has 1 amide bonds. The molecule has 5 nitrogen and oxygen atoms in total. The molecule has 0 saturated heterocycles. The van der Waals surface area contributed by atoms with E-state index < -0.39 is 0 Å². The molecule has 0 spiro atoms. The van der Waals surface area contributed by atoms with Crippen LogP contribution >= 0.6 is 34.7 Å². The summed E-state index contributed by atoms with van der Waals surface area (Å²) >= 11 is 8.73. The number of aromatic nitrogens is 2. The summed E-state index contributed by atoms with van der Waals surface area (Å²) in [5.74, 6) is 0.330. The number of hydrogen-bond donors (Lipinski definition) is 2. The number of thioether (sulfide) groups is 1. The van der Waals surface area contributed by atoms with Gasteiger partial charge in [0.05, 0.1) is 5.75 Å². The molecule has 0 fully saturated rings. The van der Waals surface area contributed by atoms with Crippen LogP contribution in [0.25, 0.3) is 0 Å². The van der Waals surface area contributed by atoms with Gasteiger partial charge in [-0.15, -0.1) is 10.2 Å². The highest BCUT2D eigenvalue weighted by Gasteiger charge is 2.18. The first kappa shape index (κ1) is 18.0. The molecule has 1 heterocycles. The van der Waals surface area contributed by atoms with Crippen molar-refractivity contribution >= 4 is 51.4 Å². The molecular weight excluding hydrogens is 352 g/mol. The lowest BCUT2D eigenvalue weighted by Gasteiger charge is -2.24. The number of anilines is 2. The SMILES string of the molecule is CCC(C)(C)NC(=O)CSc1nnc(Nc2cccc(Cl)c2)s1. The van der Waals surface area contributed by atoms with Gasteiger partial charge >= 0.3 is 0 Å². The highest BCUT2D eigenvalue weighted by Crippen LogP contribution is 2.28. The number of hydrogen-bond acceptors (Lipinski definition) is 6. The van der Waals surface area contributed by atoms with Crippen molar-refractivity contribution in [2.75, 3.05) is 11.1 Å². The zero-order valence-electron chi connectivity index (χ0n) is 13.2. The second-order valence-electron chi connectivity index (χ2n) is 5.58. The van der Waals surface area contributed by atoms with E-state index in [1.54, 1.807) is 0 Å². The lowest BCUT2D eigenvalue weighted by atomic mass is 10.0. The lowest BCUT2D eigenvalue weighted by Crippen LogP contribution is -2.43. The van der Waals surface area contributed by atoms with Gasteiger partial charge in [-0.05, 0) is 38.5 Å². The number of nitrogens with zero attached hydrogens (tertiary/aromatic N) is 2. The smallest absolute Gasteiger partial charge is 0.230 e. The predicted molar refractivity (Wildman–Crippen MR) is 97.9 cm³/mol. The first-order chi connectivity index (χ1) is 10.9. The number of halogens is 1. The van der Waals surface area contributed by atoms with Gasteiger partial charge in [0, 0.05) is 16.2 Å². The fraction of sp³-hybridized carbons (Fsp3) is 0.400. The van der Waals surface area contributed by atoms with Crippen molar-refractivity contribution in [3.8, 4) is 0 Å². The molecule has 124 valence electrons. The number of carbonyl (C=O) groups is 1. The first-order valence-electron chi connectivity index (χ1n) is 7.18. The van der Waals surface area contributed by atoms with Crippen molar-refractivity contribution in [2.24, 2.45) is 0 Å². The third-order valence-electron chi connectivity index (χ3n) is 3.17. The summed E-state index contributed by atoms with van der Waals surface area (Å²) in [6.45, 7) is 6.06. The van der Waals surface area contributed by atoms with E-state index >= 15 is 0 Å². The van der Waals surface area contributed by atoms with E-state index in [2.05, 4.69) is 20.8 Å². The minimum atomic E-state index is -0.182. The van der Waals surface area contributed by atoms with Gasteiger partial charge in [0.2, 0.25) is 11.0 Å². The van der Waals surface area contributed by atoms with Crippen molar-refractivity contribution in [1.29, 1.82) is 0 Å². The molecule has 1 aromatic heterocycles. The van der Waals surface area contributed by atoms with Crippen LogP contribution in [0.1, 0.15) is 27.2 Å². The van der Waals surface area contributed by atoms with Gasteiger partial charge in [0.25, 0.3) is 0 Å². The number of benzene rings is 1. The standard InChI is InChI=1S/C15H19ClN4OS2/c1-4-15(2,3)18-12(21)9-22-14-20-19-13(23-14)17-11-7-5-6-10(16)8-11/h5-8H,4,9H2,1-3H3,(H,17,19)(H,18,21). The fourth-order valence-electron chi connectivity index (χ4n) is 1.64. The molecule has 8 heteroatoms. The van der Waals surface area contributed by atoms with E-state index in [1.165, 1.54) is 23.1 Å². The maximum absolute atomic E-state index is 11.9. The van der Waals surface area contributed by atoms with Crippen LogP contribution in [0.5, 0.6) is 0 Å². The fourth-order valence-corrected chi connectivity index (χ4v) is 3.40. The van der Waals surface area contributed by atoms with Crippen LogP contribution in [0.3, 0.4) is 0 Å². The van der Waals surface area contributed by atoms with Gasteiger partial charge in [-0.1, -0.05) is 47.7 Å². The molecule has 0 atom stereocenters. The molecule has 0 aliphatic rings. The molecule has 2 N–H and O–H groups in total. The van der Waals surface area contributed by atoms with Gasteiger partial charge in [-0.3, -0.25) is 4.79 Å². The van der Waals surface area contributed by atoms with Crippen LogP contribution in [0.4, 0.5) is 10.8 Å². The minimum Gasteiger partial charge on any atom is -0.351 e. The molecule has 1 aromatic carbocycles. The van der Waals surface area contributed by atoms with Crippen molar-refractivity contribution in [1.82, 2.24) is 15.5 Å². The quantitative estimate of drug-likeness (QED) is 0.710. The van der Waals surface area contributed by atoms with Crippen molar-refractivity contribution in [2.45, 2.75) is 37.1 Å². The molecule has 23 heavy (non-hydrogen) atoms. The van der Waals surface area contributed by atoms with E-state index in [9.17, 15) is 4.79 Å². The molecule has 2 rings (SSSR count). The molecule has 0 bridgehead atoms. The summed E-state index contributed by atoms with van der Waals surface area (Å²) < 4.78 is 0.749. The highest BCUT2D eigenvalue weighted by molar-refractivity contribution is 8.01. The summed E-state index contributed by atoms with van der Waals surface area (Å²) in [6.07, 6.45) is 0.885. The van der Waals surface area contributed by atoms with Gasteiger partial charge in [0.1, 0.15) is 0 Å². The Morgan fingerprint density at radius 1 is 1.39 bits per heavy atom. The van der Waals surface area contributed by atoms with E-state index in [-0.39, 0.29) is 11.4 Å². The molecule has 2 aromatic rings. The van der Waals surface area contributed by atoms with Gasteiger partial charge in [0.15, 0.2) is 4.34 Å². The second-order valence-corrected chi connectivity index (χ2v) is 8.22. The molecule has 0 radical (unpaired) electrons. The summed E-state index contributed by atoms with van der Waals surface area (Å²) in [4.78, 5) is 11.9. The van der Waals surface area contributed by atoms with Crippen LogP contribution < -0.4 is 10.6 Å². The Labute approximate surface area is 149 Å². The largest absolute Gasteiger partial charge is 0.351 e. The van der Waals surface area contributed by atoms with Crippen LogP contribution in [0.15, 0.2) is 28.6 Å². The van der Waals surface area contributed by atoms with Gasteiger partial charge < -0.3 is 10.6 Å². The Kier molecular flexibility index (Phi) is 6.26. The topological polar surface area (TPSA) is 66.9 Å².